The van der Waals surface area contributed by atoms with Crippen molar-refractivity contribution in [2.45, 2.75) is 82.7 Å². The number of rotatable bonds is 2. The predicted molar refractivity (Wildman–Crippen MR) is 79.4 cm³/mol. The normalized spacial score (nSPS) is 44.9. The highest BCUT2D eigenvalue weighted by Gasteiger charge is 2.37. The first-order valence-electron chi connectivity index (χ1n) is 8.74. The van der Waals surface area contributed by atoms with Gasteiger partial charge < -0.3 is 5.32 Å². The Hall–Kier alpha value is -0.530. The van der Waals surface area contributed by atoms with E-state index in [9.17, 15) is 0 Å². The molecule has 19 heavy (non-hydrogen) atoms. The number of nitrogens with one attached hydrogen (secondary N) is 1. The van der Waals surface area contributed by atoms with Gasteiger partial charge in [-0.25, -0.2) is 0 Å². The average molecular weight is 260 g/mol. The third kappa shape index (κ3) is 2.32. The van der Waals surface area contributed by atoms with Crippen LogP contribution in [0.3, 0.4) is 0 Å². The van der Waals surface area contributed by atoms with Gasteiger partial charge in [0.2, 0.25) is 0 Å². The van der Waals surface area contributed by atoms with Crippen molar-refractivity contribution >= 4 is 5.84 Å². The molecular weight excluding hydrogens is 232 g/mol. The van der Waals surface area contributed by atoms with Crippen LogP contribution >= 0.6 is 0 Å². The lowest BCUT2D eigenvalue weighted by molar-refractivity contribution is 0.299. The fourth-order valence-corrected chi connectivity index (χ4v) is 5.22. The molecule has 2 bridgehead atoms. The Morgan fingerprint density at radius 2 is 1.58 bits per heavy atom. The van der Waals surface area contributed by atoms with Gasteiger partial charge in [-0.05, 0) is 50.4 Å². The Bertz CT molecular complexity index is 348. The highest BCUT2D eigenvalue weighted by molar-refractivity contribution is 5.86. The maximum absolute atomic E-state index is 5.25. The second-order valence-corrected chi connectivity index (χ2v) is 7.41. The summed E-state index contributed by atoms with van der Waals surface area (Å²) in [5, 5.41) is 3.74. The van der Waals surface area contributed by atoms with E-state index >= 15 is 0 Å². The van der Waals surface area contributed by atoms with Gasteiger partial charge in [0.1, 0.15) is 0 Å². The lowest BCUT2D eigenvalue weighted by atomic mass is 9.80. The van der Waals surface area contributed by atoms with Crippen molar-refractivity contribution in [2.24, 2.45) is 22.7 Å². The number of piperidine rings is 2. The van der Waals surface area contributed by atoms with E-state index in [0.717, 1.165) is 23.8 Å². The van der Waals surface area contributed by atoms with Gasteiger partial charge in [0.15, 0.2) is 0 Å². The van der Waals surface area contributed by atoms with Crippen molar-refractivity contribution in [1.29, 1.82) is 0 Å². The van der Waals surface area contributed by atoms with Gasteiger partial charge in [0, 0.05) is 12.0 Å². The Labute approximate surface area is 117 Å². The van der Waals surface area contributed by atoms with Crippen molar-refractivity contribution in [3.05, 3.63) is 0 Å². The third-order valence-electron chi connectivity index (χ3n) is 6.31. The molecule has 0 unspecified atom stereocenters. The van der Waals surface area contributed by atoms with Gasteiger partial charge in [-0.3, -0.25) is 4.99 Å². The first-order valence-corrected chi connectivity index (χ1v) is 8.74. The molecule has 2 saturated heterocycles. The zero-order valence-electron chi connectivity index (χ0n) is 12.1. The highest BCUT2D eigenvalue weighted by atomic mass is 15.1. The van der Waals surface area contributed by atoms with Gasteiger partial charge in [0.25, 0.3) is 0 Å². The summed E-state index contributed by atoms with van der Waals surface area (Å²) in [5.41, 5.74) is 0. The van der Waals surface area contributed by atoms with E-state index in [2.05, 4.69) is 5.32 Å². The zero-order valence-corrected chi connectivity index (χ0v) is 12.1. The predicted octanol–water partition coefficient (Wildman–Crippen LogP) is 3.91. The van der Waals surface area contributed by atoms with Crippen LogP contribution in [0, 0.1) is 17.8 Å². The number of fused-ring (bicyclic) bond motifs is 3. The molecule has 5 rings (SSSR count). The summed E-state index contributed by atoms with van der Waals surface area (Å²) in [5.74, 6) is 4.14. The molecule has 0 aromatic heterocycles. The van der Waals surface area contributed by atoms with Crippen molar-refractivity contribution < 1.29 is 0 Å². The summed E-state index contributed by atoms with van der Waals surface area (Å²) in [7, 11) is 0. The number of hydrogen-bond acceptors (Lipinski definition) is 1. The molecule has 5 fully saturated rings. The van der Waals surface area contributed by atoms with Gasteiger partial charge in [0.05, 0.1) is 11.9 Å². The van der Waals surface area contributed by atoms with Gasteiger partial charge in [-0.2, -0.15) is 0 Å². The van der Waals surface area contributed by atoms with Crippen LogP contribution in [0.2, 0.25) is 0 Å². The van der Waals surface area contributed by atoms with Gasteiger partial charge >= 0.3 is 0 Å². The van der Waals surface area contributed by atoms with Crippen molar-refractivity contribution in [2.75, 3.05) is 0 Å². The van der Waals surface area contributed by atoms with Crippen LogP contribution in [0.5, 0.6) is 0 Å². The maximum Gasteiger partial charge on any atom is 0.1000 e. The fraction of sp³-hybridized carbons (Fsp3) is 0.941. The molecule has 0 amide bonds. The van der Waals surface area contributed by atoms with E-state index in [-0.39, 0.29) is 0 Å². The summed E-state index contributed by atoms with van der Waals surface area (Å²) in [6, 6.07) is 1.43. The highest BCUT2D eigenvalue weighted by Crippen LogP contribution is 2.42. The fourth-order valence-electron chi connectivity index (χ4n) is 5.22. The van der Waals surface area contributed by atoms with Crippen LogP contribution in [0.15, 0.2) is 4.99 Å². The van der Waals surface area contributed by atoms with E-state index in [1.807, 2.05) is 0 Å². The van der Waals surface area contributed by atoms with Crippen LogP contribution in [0.4, 0.5) is 0 Å². The van der Waals surface area contributed by atoms with E-state index in [0.29, 0.717) is 6.04 Å². The Morgan fingerprint density at radius 3 is 2.26 bits per heavy atom. The summed E-state index contributed by atoms with van der Waals surface area (Å²) >= 11 is 0. The molecule has 2 nitrogen and oxygen atoms in total. The maximum atomic E-state index is 5.25. The summed E-state index contributed by atoms with van der Waals surface area (Å²) in [4.78, 5) is 5.25. The smallest absolute Gasteiger partial charge is 0.1000 e. The molecule has 0 aromatic carbocycles. The van der Waals surface area contributed by atoms with E-state index in [1.54, 1.807) is 0 Å². The summed E-state index contributed by atoms with van der Waals surface area (Å²) in [6.07, 6.45) is 15.8. The van der Waals surface area contributed by atoms with E-state index in [4.69, 9.17) is 4.99 Å². The SMILES string of the molecule is C1CCC([C@H]2CCC[C@H]2N=C2NC3CCC2CC3)C1. The second-order valence-electron chi connectivity index (χ2n) is 7.41. The monoisotopic (exact) mass is 260 g/mol. The molecule has 2 atom stereocenters. The molecule has 5 aliphatic rings. The lowest BCUT2D eigenvalue weighted by Gasteiger charge is -2.39. The minimum Gasteiger partial charge on any atom is -0.371 e. The van der Waals surface area contributed by atoms with Crippen LogP contribution in [-0.4, -0.2) is 17.9 Å². The molecule has 2 heteroatoms. The largest absolute Gasteiger partial charge is 0.371 e. The number of amidine groups is 1. The molecule has 2 aliphatic heterocycles. The number of hydrogen-bond donors (Lipinski definition) is 1. The molecule has 2 heterocycles. The molecule has 0 radical (unpaired) electrons. The molecule has 106 valence electrons. The standard InChI is InChI=1S/C17H28N2/c1-2-5-12(4-1)15-6-3-7-16(15)19-17-13-8-10-14(18-17)11-9-13/h12-16H,1-11H2,(H,18,19)/t13?,14?,15-,16-/m1/s1. The first-order chi connectivity index (χ1) is 9.40. The minimum atomic E-state index is 0.671. The minimum absolute atomic E-state index is 0.671. The Balaban J connectivity index is 1.48. The first kappa shape index (κ1) is 12.2. The molecule has 0 aromatic rings. The van der Waals surface area contributed by atoms with Crippen molar-refractivity contribution in [1.82, 2.24) is 5.32 Å². The third-order valence-corrected chi connectivity index (χ3v) is 6.31. The summed E-state index contributed by atoms with van der Waals surface area (Å²) < 4.78 is 0. The van der Waals surface area contributed by atoms with Crippen molar-refractivity contribution in [3.63, 3.8) is 0 Å². The molecule has 3 aliphatic carbocycles. The second kappa shape index (κ2) is 5.10. The quantitative estimate of drug-likeness (QED) is 0.800. The average Bonchev–Trinajstić information content (AvgIpc) is 3.10. The van der Waals surface area contributed by atoms with Gasteiger partial charge in [-0.15, -0.1) is 0 Å². The summed E-state index contributed by atoms with van der Waals surface area (Å²) in [6.45, 7) is 0. The molecule has 3 saturated carbocycles. The van der Waals surface area contributed by atoms with Crippen LogP contribution in [0.25, 0.3) is 0 Å². The van der Waals surface area contributed by atoms with Crippen LogP contribution < -0.4 is 5.32 Å². The molecule has 0 spiro atoms. The zero-order chi connectivity index (χ0) is 12.7. The van der Waals surface area contributed by atoms with E-state index < -0.39 is 0 Å². The number of nitrogens with zero attached hydrogens (tertiary/aromatic N) is 1. The number of aliphatic imine (C=N–C) groups is 1. The lowest BCUT2D eigenvalue weighted by Crippen LogP contribution is -2.49. The van der Waals surface area contributed by atoms with Crippen LogP contribution in [0.1, 0.15) is 70.6 Å². The molecular formula is C17H28N2. The van der Waals surface area contributed by atoms with Crippen molar-refractivity contribution in [3.8, 4) is 0 Å². The Kier molecular flexibility index (Phi) is 3.29. The van der Waals surface area contributed by atoms with Crippen LogP contribution in [-0.2, 0) is 0 Å². The van der Waals surface area contributed by atoms with E-state index in [1.165, 1.54) is 76.5 Å². The van der Waals surface area contributed by atoms with Gasteiger partial charge in [-0.1, -0.05) is 32.1 Å². The molecule has 1 N–H and O–H groups in total. The Morgan fingerprint density at radius 1 is 0.789 bits per heavy atom. The topological polar surface area (TPSA) is 24.4 Å².